The molecule has 1 aromatic heterocycles. The molecule has 4 rings (SSSR count). The van der Waals surface area contributed by atoms with Gasteiger partial charge in [0, 0.05) is 51.0 Å². The first-order valence-corrected chi connectivity index (χ1v) is 10.9. The molecule has 0 spiro atoms. The summed E-state index contributed by atoms with van der Waals surface area (Å²) >= 11 is 0. The number of rotatable bonds is 8. The molecule has 0 unspecified atom stereocenters. The van der Waals surface area contributed by atoms with Crippen LogP contribution in [0.4, 0.5) is 5.95 Å². The summed E-state index contributed by atoms with van der Waals surface area (Å²) in [5, 5.41) is 3.35. The van der Waals surface area contributed by atoms with Gasteiger partial charge in [-0.3, -0.25) is 4.90 Å². The van der Waals surface area contributed by atoms with E-state index in [2.05, 4.69) is 63.5 Å². The highest BCUT2D eigenvalue weighted by atomic mass is 16.5. The van der Waals surface area contributed by atoms with Crippen LogP contribution in [0.15, 0.2) is 60.8 Å². The fourth-order valence-electron chi connectivity index (χ4n) is 3.81. The lowest BCUT2D eigenvalue weighted by Crippen LogP contribution is -2.43. The number of benzene rings is 2. The summed E-state index contributed by atoms with van der Waals surface area (Å²) in [4.78, 5) is 14.0. The first kappa shape index (κ1) is 21.3. The summed E-state index contributed by atoms with van der Waals surface area (Å²) in [5.41, 5.74) is 4.66. The van der Waals surface area contributed by atoms with Crippen LogP contribution in [0.1, 0.15) is 11.1 Å². The Bertz CT molecular complexity index is 968. The maximum absolute atomic E-state index is 5.21. The van der Waals surface area contributed by atoms with Crippen LogP contribution in [-0.2, 0) is 13.0 Å². The van der Waals surface area contributed by atoms with Gasteiger partial charge in [0.05, 0.1) is 12.8 Å². The molecule has 1 aliphatic heterocycles. The van der Waals surface area contributed by atoms with Crippen LogP contribution in [-0.4, -0.2) is 66.6 Å². The third kappa shape index (κ3) is 6.03. The first-order chi connectivity index (χ1) is 15.2. The Morgan fingerprint density at radius 1 is 0.968 bits per heavy atom. The Balaban J connectivity index is 1.36. The number of piperazine rings is 1. The SMILES string of the molecule is COc1ccc(CCNc2nccc(-c3cccc(CN4CCN(C)CC4)c3)n2)cc1. The summed E-state index contributed by atoms with van der Waals surface area (Å²) in [5.74, 6) is 1.54. The van der Waals surface area contributed by atoms with E-state index >= 15 is 0 Å². The molecule has 1 N–H and O–H groups in total. The van der Waals surface area contributed by atoms with Crippen molar-refractivity contribution in [2.75, 3.05) is 52.2 Å². The van der Waals surface area contributed by atoms with E-state index in [0.717, 1.165) is 62.7 Å². The van der Waals surface area contributed by atoms with Gasteiger partial charge in [0.1, 0.15) is 5.75 Å². The third-order valence-electron chi connectivity index (χ3n) is 5.74. The number of nitrogens with zero attached hydrogens (tertiary/aromatic N) is 4. The Hall–Kier alpha value is -2.96. The lowest BCUT2D eigenvalue weighted by Gasteiger charge is -2.32. The number of anilines is 1. The van der Waals surface area contributed by atoms with Crippen molar-refractivity contribution in [3.05, 3.63) is 71.9 Å². The van der Waals surface area contributed by atoms with Crippen LogP contribution in [0.3, 0.4) is 0 Å². The zero-order valence-electron chi connectivity index (χ0n) is 18.4. The second-order valence-electron chi connectivity index (χ2n) is 8.07. The Morgan fingerprint density at radius 3 is 2.55 bits per heavy atom. The van der Waals surface area contributed by atoms with E-state index in [0.29, 0.717) is 5.95 Å². The van der Waals surface area contributed by atoms with Crippen molar-refractivity contribution in [1.29, 1.82) is 0 Å². The lowest BCUT2D eigenvalue weighted by atomic mass is 10.1. The molecule has 2 heterocycles. The molecule has 3 aromatic rings. The van der Waals surface area contributed by atoms with Gasteiger partial charge in [0.2, 0.25) is 5.95 Å². The van der Waals surface area contributed by atoms with Crippen molar-refractivity contribution in [2.45, 2.75) is 13.0 Å². The van der Waals surface area contributed by atoms with E-state index in [1.807, 2.05) is 24.4 Å². The molecule has 0 aliphatic carbocycles. The van der Waals surface area contributed by atoms with Gasteiger partial charge < -0.3 is 15.0 Å². The zero-order chi connectivity index (χ0) is 21.5. The molecule has 0 atom stereocenters. The average Bonchev–Trinajstić information content (AvgIpc) is 2.81. The van der Waals surface area contributed by atoms with Gasteiger partial charge in [-0.1, -0.05) is 30.3 Å². The number of nitrogens with one attached hydrogen (secondary N) is 1. The third-order valence-corrected chi connectivity index (χ3v) is 5.74. The molecule has 0 radical (unpaired) electrons. The second-order valence-corrected chi connectivity index (χ2v) is 8.07. The standard InChI is InChI=1S/C25H31N5O/c1-29-14-16-30(17-15-29)19-21-4-3-5-22(18-21)24-11-13-27-25(28-24)26-12-10-20-6-8-23(31-2)9-7-20/h3-9,11,13,18H,10,12,14-17,19H2,1-2H3,(H,26,27,28). The van der Waals surface area contributed by atoms with E-state index < -0.39 is 0 Å². The molecule has 162 valence electrons. The lowest BCUT2D eigenvalue weighted by molar-refractivity contribution is 0.148. The molecule has 1 aliphatic rings. The number of likely N-dealkylation sites (N-methyl/N-ethyl adjacent to an activating group) is 1. The summed E-state index contributed by atoms with van der Waals surface area (Å²) in [6, 6.07) is 18.8. The second kappa shape index (κ2) is 10.4. The molecule has 0 bridgehead atoms. The highest BCUT2D eigenvalue weighted by molar-refractivity contribution is 5.61. The van der Waals surface area contributed by atoms with Gasteiger partial charge in [-0.25, -0.2) is 9.97 Å². The van der Waals surface area contributed by atoms with Crippen LogP contribution in [0.25, 0.3) is 11.3 Å². The van der Waals surface area contributed by atoms with Crippen molar-refractivity contribution in [2.24, 2.45) is 0 Å². The maximum atomic E-state index is 5.21. The zero-order valence-corrected chi connectivity index (χ0v) is 18.4. The van der Waals surface area contributed by atoms with Crippen LogP contribution in [0.5, 0.6) is 5.75 Å². The molecular formula is C25H31N5O. The maximum Gasteiger partial charge on any atom is 0.223 e. The summed E-state index contributed by atoms with van der Waals surface area (Å²) in [7, 11) is 3.87. The number of hydrogen-bond acceptors (Lipinski definition) is 6. The van der Waals surface area contributed by atoms with Crippen LogP contribution in [0.2, 0.25) is 0 Å². The predicted molar refractivity (Wildman–Crippen MR) is 125 cm³/mol. The van der Waals surface area contributed by atoms with Crippen molar-refractivity contribution in [3.63, 3.8) is 0 Å². The van der Waals surface area contributed by atoms with Gasteiger partial charge in [0.25, 0.3) is 0 Å². The number of aromatic nitrogens is 2. The minimum Gasteiger partial charge on any atom is -0.497 e. The molecule has 1 saturated heterocycles. The van der Waals surface area contributed by atoms with Crippen molar-refractivity contribution < 1.29 is 4.74 Å². The Morgan fingerprint density at radius 2 is 1.77 bits per heavy atom. The largest absolute Gasteiger partial charge is 0.497 e. The fourth-order valence-corrected chi connectivity index (χ4v) is 3.81. The molecule has 6 heteroatoms. The number of hydrogen-bond donors (Lipinski definition) is 1. The highest BCUT2D eigenvalue weighted by Crippen LogP contribution is 2.20. The van der Waals surface area contributed by atoms with Crippen LogP contribution >= 0.6 is 0 Å². The van der Waals surface area contributed by atoms with E-state index in [9.17, 15) is 0 Å². The van der Waals surface area contributed by atoms with E-state index in [1.165, 1.54) is 11.1 Å². The monoisotopic (exact) mass is 417 g/mol. The van der Waals surface area contributed by atoms with E-state index in [-0.39, 0.29) is 0 Å². The topological polar surface area (TPSA) is 53.5 Å². The molecule has 6 nitrogen and oxygen atoms in total. The Kier molecular flexibility index (Phi) is 7.12. The van der Waals surface area contributed by atoms with Gasteiger partial charge in [-0.05, 0) is 48.9 Å². The molecule has 2 aromatic carbocycles. The van der Waals surface area contributed by atoms with Gasteiger partial charge in [-0.2, -0.15) is 0 Å². The van der Waals surface area contributed by atoms with Gasteiger partial charge in [0.15, 0.2) is 0 Å². The summed E-state index contributed by atoms with van der Waals surface area (Å²) in [6.07, 6.45) is 2.73. The average molecular weight is 418 g/mol. The quantitative estimate of drug-likeness (QED) is 0.605. The molecule has 31 heavy (non-hydrogen) atoms. The van der Waals surface area contributed by atoms with Gasteiger partial charge in [-0.15, -0.1) is 0 Å². The van der Waals surface area contributed by atoms with E-state index in [4.69, 9.17) is 9.72 Å². The highest BCUT2D eigenvalue weighted by Gasteiger charge is 2.14. The van der Waals surface area contributed by atoms with Crippen LogP contribution < -0.4 is 10.1 Å². The first-order valence-electron chi connectivity index (χ1n) is 10.9. The summed E-state index contributed by atoms with van der Waals surface area (Å²) < 4.78 is 5.21. The normalized spacial score (nSPS) is 15.0. The minimum atomic E-state index is 0.662. The number of methoxy groups -OCH3 is 1. The molecule has 0 saturated carbocycles. The van der Waals surface area contributed by atoms with E-state index in [1.54, 1.807) is 7.11 Å². The predicted octanol–water partition coefficient (Wildman–Crippen LogP) is 3.55. The van der Waals surface area contributed by atoms with Crippen molar-refractivity contribution >= 4 is 5.95 Å². The van der Waals surface area contributed by atoms with Crippen molar-refractivity contribution in [3.8, 4) is 17.0 Å². The molecule has 0 amide bonds. The fraction of sp³-hybridized carbons (Fsp3) is 0.360. The van der Waals surface area contributed by atoms with Crippen LogP contribution in [0, 0.1) is 0 Å². The summed E-state index contributed by atoms with van der Waals surface area (Å²) in [6.45, 7) is 6.28. The molecule has 1 fully saturated rings. The minimum absolute atomic E-state index is 0.662. The number of ether oxygens (including phenoxy) is 1. The van der Waals surface area contributed by atoms with Gasteiger partial charge >= 0.3 is 0 Å². The smallest absolute Gasteiger partial charge is 0.223 e. The van der Waals surface area contributed by atoms with Crippen molar-refractivity contribution in [1.82, 2.24) is 19.8 Å². The molecular weight excluding hydrogens is 386 g/mol. The Labute approximate surface area is 184 Å².